The number of hydrogen-bond acceptors (Lipinski definition) is 8. The minimum absolute atomic E-state index is 0.504. The Morgan fingerprint density at radius 1 is 0.946 bits per heavy atom. The Hall–Kier alpha value is -4.59. The van der Waals surface area contributed by atoms with Crippen molar-refractivity contribution in [3.8, 4) is 39.0 Å². The second-order valence-electron chi connectivity index (χ2n) is 8.92. The number of benzene rings is 2. The highest BCUT2D eigenvalue weighted by molar-refractivity contribution is 7.13. The number of rotatable bonds is 4. The Balaban J connectivity index is 1.47. The number of pyridine rings is 1. The molecule has 0 unspecified atom stereocenters. The summed E-state index contributed by atoms with van der Waals surface area (Å²) in [7, 11) is 0. The van der Waals surface area contributed by atoms with Crippen molar-refractivity contribution in [3.05, 3.63) is 65.5 Å². The molecule has 0 radical (unpaired) electrons. The molecule has 9 nitrogen and oxygen atoms in total. The first kappa shape index (κ1) is 21.7. The van der Waals surface area contributed by atoms with Crippen molar-refractivity contribution in [2.24, 2.45) is 0 Å². The molecule has 0 amide bonds. The van der Waals surface area contributed by atoms with E-state index in [0.717, 1.165) is 64.3 Å². The Kier molecular flexibility index (Phi) is 5.16. The van der Waals surface area contributed by atoms with E-state index in [1.165, 1.54) is 5.69 Å². The van der Waals surface area contributed by atoms with Gasteiger partial charge in [-0.1, -0.05) is 29.5 Å². The van der Waals surface area contributed by atoms with Crippen molar-refractivity contribution in [2.45, 2.75) is 0 Å². The van der Waals surface area contributed by atoms with Crippen LogP contribution < -0.4 is 10.2 Å². The minimum atomic E-state index is 0.504. The van der Waals surface area contributed by atoms with Gasteiger partial charge in [0.25, 0.3) is 0 Å². The Labute approximate surface area is 215 Å². The van der Waals surface area contributed by atoms with Gasteiger partial charge in [-0.3, -0.25) is 10.2 Å². The van der Waals surface area contributed by atoms with Crippen molar-refractivity contribution in [1.29, 1.82) is 5.26 Å². The zero-order valence-electron chi connectivity index (χ0n) is 19.7. The summed E-state index contributed by atoms with van der Waals surface area (Å²) in [6.07, 6.45) is 0. The first-order chi connectivity index (χ1) is 18.3. The fourth-order valence-electron chi connectivity index (χ4n) is 5.01. The summed E-state index contributed by atoms with van der Waals surface area (Å²) in [5.41, 5.74) is 7.82. The van der Waals surface area contributed by atoms with E-state index in [4.69, 9.17) is 4.98 Å². The van der Waals surface area contributed by atoms with Crippen LogP contribution in [0.3, 0.4) is 0 Å². The van der Waals surface area contributed by atoms with Crippen molar-refractivity contribution in [1.82, 2.24) is 35.9 Å². The fourth-order valence-corrected chi connectivity index (χ4v) is 5.73. The SMILES string of the molecule is N#Cc1c(-c2ccc3[nH]nnc3c2)nc2[nH]nc(-c3cccs3)c2c1-c1ccc(N2CCNCC2)cc1. The smallest absolute Gasteiger partial charge is 0.157 e. The van der Waals surface area contributed by atoms with Crippen LogP contribution >= 0.6 is 11.3 Å². The van der Waals surface area contributed by atoms with Crippen LogP contribution in [0.25, 0.3) is 55.0 Å². The van der Waals surface area contributed by atoms with Crippen molar-refractivity contribution >= 4 is 39.1 Å². The van der Waals surface area contributed by atoms with Gasteiger partial charge >= 0.3 is 0 Å². The standard InChI is InChI=1S/C27H21N9S/c28-15-19-23(16-3-6-18(7-4-16)36-11-9-29-10-12-36)24-26(22-2-1-13-37-22)33-34-27(24)30-25(19)17-5-8-20-21(14-17)32-35-31-20/h1-8,13-14,29H,9-12H2,(H,30,33,34)(H,31,32,35). The molecule has 1 saturated heterocycles. The molecular weight excluding hydrogens is 482 g/mol. The van der Waals surface area contributed by atoms with Gasteiger partial charge in [-0.05, 0) is 41.3 Å². The fraction of sp³-hybridized carbons (Fsp3) is 0.148. The van der Waals surface area contributed by atoms with Crippen LogP contribution in [0, 0.1) is 11.3 Å². The van der Waals surface area contributed by atoms with Gasteiger partial charge in [-0.2, -0.15) is 10.4 Å². The third-order valence-electron chi connectivity index (χ3n) is 6.81. The number of nitriles is 1. The predicted molar refractivity (Wildman–Crippen MR) is 145 cm³/mol. The highest BCUT2D eigenvalue weighted by atomic mass is 32.1. The highest BCUT2D eigenvalue weighted by Gasteiger charge is 2.24. The number of hydrogen-bond donors (Lipinski definition) is 3. The van der Waals surface area contributed by atoms with Crippen LogP contribution in [-0.2, 0) is 0 Å². The third kappa shape index (κ3) is 3.64. The zero-order valence-corrected chi connectivity index (χ0v) is 20.5. The van der Waals surface area contributed by atoms with Crippen molar-refractivity contribution in [3.63, 3.8) is 0 Å². The lowest BCUT2D eigenvalue weighted by atomic mass is 9.92. The van der Waals surface area contributed by atoms with Crippen LogP contribution in [0.1, 0.15) is 5.56 Å². The number of H-pyrrole nitrogens is 2. The van der Waals surface area contributed by atoms with E-state index in [0.29, 0.717) is 22.4 Å². The van der Waals surface area contributed by atoms with E-state index in [1.807, 2.05) is 35.7 Å². The number of thiophene rings is 1. The van der Waals surface area contributed by atoms with Crippen LogP contribution in [0.15, 0.2) is 60.0 Å². The summed E-state index contributed by atoms with van der Waals surface area (Å²) in [4.78, 5) is 8.30. The van der Waals surface area contributed by atoms with Gasteiger partial charge in [0.15, 0.2) is 5.65 Å². The molecule has 3 N–H and O–H groups in total. The molecule has 1 aliphatic rings. The molecule has 1 aliphatic heterocycles. The number of fused-ring (bicyclic) bond motifs is 2. The van der Waals surface area contributed by atoms with E-state index >= 15 is 0 Å². The number of nitrogens with zero attached hydrogens (tertiary/aromatic N) is 6. The van der Waals surface area contributed by atoms with Gasteiger partial charge in [0.1, 0.15) is 17.3 Å². The molecule has 4 aromatic heterocycles. The maximum absolute atomic E-state index is 10.5. The molecule has 6 aromatic rings. The lowest BCUT2D eigenvalue weighted by Gasteiger charge is -2.29. The molecule has 7 rings (SSSR count). The monoisotopic (exact) mass is 503 g/mol. The average Bonchev–Trinajstić information content (AvgIpc) is 3.73. The molecule has 0 saturated carbocycles. The number of piperazine rings is 1. The largest absolute Gasteiger partial charge is 0.369 e. The molecule has 37 heavy (non-hydrogen) atoms. The van der Waals surface area contributed by atoms with Gasteiger partial charge in [-0.15, -0.1) is 16.4 Å². The lowest BCUT2D eigenvalue weighted by molar-refractivity contribution is 0.589. The third-order valence-corrected chi connectivity index (χ3v) is 7.69. The van der Waals surface area contributed by atoms with Gasteiger partial charge in [0.05, 0.1) is 27.0 Å². The molecular formula is C27H21N9S. The minimum Gasteiger partial charge on any atom is -0.369 e. The summed E-state index contributed by atoms with van der Waals surface area (Å²) >= 11 is 1.61. The molecule has 0 bridgehead atoms. The molecule has 2 aromatic carbocycles. The van der Waals surface area contributed by atoms with Crippen LogP contribution in [0.2, 0.25) is 0 Å². The van der Waals surface area contributed by atoms with Gasteiger partial charge in [0, 0.05) is 43.0 Å². The summed E-state index contributed by atoms with van der Waals surface area (Å²) in [6, 6.07) is 20.7. The van der Waals surface area contributed by atoms with Crippen LogP contribution in [0.5, 0.6) is 0 Å². The molecule has 0 spiro atoms. The van der Waals surface area contributed by atoms with Gasteiger partial charge in [0.2, 0.25) is 0 Å². The molecule has 0 aliphatic carbocycles. The van der Waals surface area contributed by atoms with E-state index in [9.17, 15) is 5.26 Å². The van der Waals surface area contributed by atoms with E-state index in [2.05, 4.69) is 66.2 Å². The first-order valence-electron chi connectivity index (χ1n) is 12.0. The average molecular weight is 504 g/mol. The highest BCUT2D eigenvalue weighted by Crippen LogP contribution is 2.41. The summed E-state index contributed by atoms with van der Waals surface area (Å²) in [5.74, 6) is 0. The van der Waals surface area contributed by atoms with Gasteiger partial charge < -0.3 is 10.2 Å². The molecule has 10 heteroatoms. The maximum Gasteiger partial charge on any atom is 0.157 e. The zero-order chi connectivity index (χ0) is 24.8. The quantitative estimate of drug-likeness (QED) is 0.322. The van der Waals surface area contributed by atoms with Gasteiger partial charge in [-0.25, -0.2) is 4.98 Å². The summed E-state index contributed by atoms with van der Waals surface area (Å²) in [5, 5.41) is 35.5. The van der Waals surface area contributed by atoms with E-state index in [-0.39, 0.29) is 0 Å². The van der Waals surface area contributed by atoms with E-state index < -0.39 is 0 Å². The van der Waals surface area contributed by atoms with Crippen LogP contribution in [-0.4, -0.2) is 56.8 Å². The predicted octanol–water partition coefficient (Wildman–Crippen LogP) is 4.57. The topological polar surface area (TPSA) is 122 Å². The normalized spacial score (nSPS) is 13.9. The van der Waals surface area contributed by atoms with E-state index in [1.54, 1.807) is 11.3 Å². The number of aromatic amines is 2. The molecule has 0 atom stereocenters. The number of anilines is 1. The molecule has 5 heterocycles. The number of nitrogens with one attached hydrogen (secondary N) is 3. The van der Waals surface area contributed by atoms with Crippen molar-refractivity contribution < 1.29 is 0 Å². The first-order valence-corrected chi connectivity index (χ1v) is 12.9. The summed E-state index contributed by atoms with van der Waals surface area (Å²) in [6.45, 7) is 3.90. The number of aromatic nitrogens is 6. The molecule has 180 valence electrons. The second kappa shape index (κ2) is 8.81. The Morgan fingerprint density at radius 3 is 2.57 bits per heavy atom. The van der Waals surface area contributed by atoms with Crippen molar-refractivity contribution in [2.75, 3.05) is 31.1 Å². The molecule has 1 fully saturated rings. The maximum atomic E-state index is 10.5. The lowest BCUT2D eigenvalue weighted by Crippen LogP contribution is -2.43. The Bertz CT molecular complexity index is 1770. The Morgan fingerprint density at radius 2 is 1.78 bits per heavy atom. The van der Waals surface area contributed by atoms with Crippen LogP contribution in [0.4, 0.5) is 5.69 Å². The second-order valence-corrected chi connectivity index (χ2v) is 9.87. The summed E-state index contributed by atoms with van der Waals surface area (Å²) < 4.78 is 0.